The Morgan fingerprint density at radius 3 is 3.00 bits per heavy atom. The molecule has 1 unspecified atom stereocenters. The maximum atomic E-state index is 8.66. The molecule has 10 heavy (non-hydrogen) atoms. The minimum absolute atomic E-state index is 0. The molecule has 1 rings (SSSR count). The minimum atomic E-state index is 0. The van der Waals surface area contributed by atoms with E-state index >= 15 is 0 Å². The van der Waals surface area contributed by atoms with E-state index in [1.165, 1.54) is 0 Å². The van der Waals surface area contributed by atoms with Gasteiger partial charge in [-0.3, -0.25) is 0 Å². The van der Waals surface area contributed by atoms with Gasteiger partial charge in [0.25, 0.3) is 0 Å². The average Bonchev–Trinajstić information content (AvgIpc) is 2.13. The first kappa shape index (κ1) is 10.2. The van der Waals surface area contributed by atoms with E-state index in [0.29, 0.717) is 0 Å². The van der Waals surface area contributed by atoms with Gasteiger partial charge in [0.15, 0.2) is 0 Å². The van der Waals surface area contributed by atoms with Crippen LogP contribution in [0.2, 0.25) is 0 Å². The monoisotopic (exact) mass is 167 g/mol. The Balaban J connectivity index is 0.000000810. The van der Waals surface area contributed by atoms with Crippen molar-refractivity contribution in [3.63, 3.8) is 0 Å². The normalized spacial score (nSPS) is 26.7. The SMILES string of the molecule is Cl.OCC1CCNCCO1. The maximum absolute atomic E-state index is 8.66. The van der Waals surface area contributed by atoms with E-state index in [-0.39, 0.29) is 25.1 Å². The van der Waals surface area contributed by atoms with Crippen LogP contribution in [0.3, 0.4) is 0 Å². The van der Waals surface area contributed by atoms with E-state index in [9.17, 15) is 0 Å². The minimum Gasteiger partial charge on any atom is -0.394 e. The quantitative estimate of drug-likeness (QED) is 0.568. The third-order valence-electron chi connectivity index (χ3n) is 1.48. The van der Waals surface area contributed by atoms with Crippen LogP contribution in [0.25, 0.3) is 0 Å². The molecule has 2 N–H and O–H groups in total. The Bertz CT molecular complexity index is 74.1. The van der Waals surface area contributed by atoms with Gasteiger partial charge < -0.3 is 15.2 Å². The van der Waals surface area contributed by atoms with Gasteiger partial charge in [-0.1, -0.05) is 0 Å². The summed E-state index contributed by atoms with van der Waals surface area (Å²) in [6, 6.07) is 0. The molecule has 3 nitrogen and oxygen atoms in total. The average molecular weight is 168 g/mol. The second-order valence-corrected chi connectivity index (χ2v) is 2.21. The molecule has 0 bridgehead atoms. The van der Waals surface area contributed by atoms with Crippen LogP contribution in [0.4, 0.5) is 0 Å². The lowest BCUT2D eigenvalue weighted by Gasteiger charge is -2.09. The number of hydrogen-bond donors (Lipinski definition) is 2. The van der Waals surface area contributed by atoms with E-state index in [1.807, 2.05) is 0 Å². The molecule has 0 aromatic carbocycles. The van der Waals surface area contributed by atoms with Crippen molar-refractivity contribution in [1.29, 1.82) is 0 Å². The molecule has 1 aliphatic heterocycles. The van der Waals surface area contributed by atoms with Crippen LogP contribution in [0.1, 0.15) is 6.42 Å². The first-order chi connectivity index (χ1) is 4.43. The lowest BCUT2D eigenvalue weighted by molar-refractivity contribution is 0.0220. The number of aliphatic hydroxyl groups is 1. The number of aliphatic hydroxyl groups excluding tert-OH is 1. The highest BCUT2D eigenvalue weighted by Gasteiger charge is 2.09. The molecule has 0 aliphatic carbocycles. The lowest BCUT2D eigenvalue weighted by Crippen LogP contribution is -2.18. The van der Waals surface area contributed by atoms with Crippen LogP contribution in [-0.2, 0) is 4.74 Å². The molecule has 1 atom stereocenters. The van der Waals surface area contributed by atoms with Crippen molar-refractivity contribution in [2.75, 3.05) is 26.3 Å². The number of ether oxygens (including phenoxy) is 1. The van der Waals surface area contributed by atoms with Gasteiger partial charge >= 0.3 is 0 Å². The lowest BCUT2D eigenvalue weighted by atomic mass is 10.3. The van der Waals surface area contributed by atoms with E-state index in [1.54, 1.807) is 0 Å². The second kappa shape index (κ2) is 5.92. The summed E-state index contributed by atoms with van der Waals surface area (Å²) < 4.78 is 5.24. The fourth-order valence-corrected chi connectivity index (χ4v) is 0.913. The van der Waals surface area contributed by atoms with Crippen LogP contribution >= 0.6 is 12.4 Å². The predicted octanol–water partition coefficient (Wildman–Crippen LogP) is -0.221. The largest absolute Gasteiger partial charge is 0.394 e. The predicted molar refractivity (Wildman–Crippen MR) is 41.6 cm³/mol. The van der Waals surface area contributed by atoms with Crippen molar-refractivity contribution >= 4 is 12.4 Å². The molecule has 4 heteroatoms. The van der Waals surface area contributed by atoms with Crippen molar-refractivity contribution in [3.8, 4) is 0 Å². The highest BCUT2D eigenvalue weighted by atomic mass is 35.5. The zero-order chi connectivity index (χ0) is 6.53. The molecular weight excluding hydrogens is 154 g/mol. The summed E-state index contributed by atoms with van der Waals surface area (Å²) in [5.41, 5.74) is 0. The number of halogens is 1. The van der Waals surface area contributed by atoms with Gasteiger partial charge in [0.2, 0.25) is 0 Å². The van der Waals surface area contributed by atoms with Crippen LogP contribution in [0.15, 0.2) is 0 Å². The van der Waals surface area contributed by atoms with Gasteiger partial charge in [0, 0.05) is 6.54 Å². The standard InChI is InChI=1S/C6H13NO2.ClH/c8-5-6-1-2-7-3-4-9-6;/h6-8H,1-5H2;1H. The molecule has 1 saturated heterocycles. The maximum Gasteiger partial charge on any atom is 0.0818 e. The van der Waals surface area contributed by atoms with Gasteiger partial charge in [0.05, 0.1) is 19.3 Å². The Hall–Kier alpha value is 0.170. The summed E-state index contributed by atoms with van der Waals surface area (Å²) >= 11 is 0. The van der Waals surface area contributed by atoms with Crippen LogP contribution in [0, 0.1) is 0 Å². The molecule has 1 heterocycles. The van der Waals surface area contributed by atoms with Gasteiger partial charge in [0.1, 0.15) is 0 Å². The fraction of sp³-hybridized carbons (Fsp3) is 1.00. The van der Waals surface area contributed by atoms with Crippen molar-refractivity contribution in [3.05, 3.63) is 0 Å². The number of nitrogens with one attached hydrogen (secondary N) is 1. The molecule has 0 saturated carbocycles. The Kier molecular flexibility index (Phi) is 6.02. The van der Waals surface area contributed by atoms with Crippen molar-refractivity contribution in [1.82, 2.24) is 5.32 Å². The molecule has 0 aromatic heterocycles. The Morgan fingerprint density at radius 2 is 2.30 bits per heavy atom. The summed E-state index contributed by atoms with van der Waals surface area (Å²) in [6.45, 7) is 2.76. The summed E-state index contributed by atoms with van der Waals surface area (Å²) in [4.78, 5) is 0. The number of hydrogen-bond acceptors (Lipinski definition) is 3. The second-order valence-electron chi connectivity index (χ2n) is 2.21. The van der Waals surface area contributed by atoms with Crippen molar-refractivity contribution < 1.29 is 9.84 Å². The molecule has 0 amide bonds. The smallest absolute Gasteiger partial charge is 0.0818 e. The third-order valence-corrected chi connectivity index (χ3v) is 1.48. The Morgan fingerprint density at radius 1 is 1.50 bits per heavy atom. The summed E-state index contributed by atoms with van der Waals surface area (Å²) in [7, 11) is 0. The van der Waals surface area contributed by atoms with E-state index < -0.39 is 0 Å². The third kappa shape index (κ3) is 3.37. The first-order valence-electron chi connectivity index (χ1n) is 3.36. The summed E-state index contributed by atoms with van der Waals surface area (Å²) in [5.74, 6) is 0. The topological polar surface area (TPSA) is 41.5 Å². The molecule has 1 fully saturated rings. The van der Waals surface area contributed by atoms with Gasteiger partial charge in [-0.05, 0) is 13.0 Å². The molecule has 0 radical (unpaired) electrons. The van der Waals surface area contributed by atoms with Gasteiger partial charge in [-0.2, -0.15) is 0 Å². The first-order valence-corrected chi connectivity index (χ1v) is 3.36. The molecule has 0 aromatic rings. The van der Waals surface area contributed by atoms with E-state index in [4.69, 9.17) is 9.84 Å². The zero-order valence-electron chi connectivity index (χ0n) is 5.88. The van der Waals surface area contributed by atoms with Gasteiger partial charge in [-0.25, -0.2) is 0 Å². The van der Waals surface area contributed by atoms with Crippen LogP contribution in [0.5, 0.6) is 0 Å². The van der Waals surface area contributed by atoms with Crippen LogP contribution in [-0.4, -0.2) is 37.5 Å². The Labute approximate surface area is 67.2 Å². The highest BCUT2D eigenvalue weighted by Crippen LogP contribution is 1.98. The van der Waals surface area contributed by atoms with Crippen molar-refractivity contribution in [2.45, 2.75) is 12.5 Å². The summed E-state index contributed by atoms with van der Waals surface area (Å²) in [5, 5.41) is 11.8. The molecule has 1 aliphatic rings. The van der Waals surface area contributed by atoms with E-state index in [0.717, 1.165) is 26.1 Å². The van der Waals surface area contributed by atoms with Crippen LogP contribution < -0.4 is 5.32 Å². The molecule has 62 valence electrons. The zero-order valence-corrected chi connectivity index (χ0v) is 6.69. The molecule has 0 spiro atoms. The molecular formula is C6H14ClNO2. The van der Waals surface area contributed by atoms with Crippen molar-refractivity contribution in [2.24, 2.45) is 0 Å². The fourth-order valence-electron chi connectivity index (χ4n) is 0.913. The number of rotatable bonds is 1. The van der Waals surface area contributed by atoms with Gasteiger partial charge in [-0.15, -0.1) is 12.4 Å². The van der Waals surface area contributed by atoms with E-state index in [2.05, 4.69) is 5.32 Å². The highest BCUT2D eigenvalue weighted by molar-refractivity contribution is 5.85. The summed E-state index contributed by atoms with van der Waals surface area (Å²) in [6.07, 6.45) is 0.997.